The predicted octanol–water partition coefficient (Wildman–Crippen LogP) is 15.3. The van der Waals surface area contributed by atoms with E-state index in [9.17, 15) is 0 Å². The molecule has 0 atom stereocenters. The summed E-state index contributed by atoms with van der Waals surface area (Å²) in [6, 6.07) is 84.6. The number of fused-ring (bicyclic) bond motifs is 3. The summed E-state index contributed by atoms with van der Waals surface area (Å²) in [5, 5.41) is 0. The number of rotatable bonds is 11. The summed E-state index contributed by atoms with van der Waals surface area (Å²) < 4.78 is 0. The largest absolute Gasteiger partial charge is 0.345 e. The van der Waals surface area contributed by atoms with Gasteiger partial charge in [-0.3, -0.25) is 0 Å². The lowest BCUT2D eigenvalue weighted by Gasteiger charge is -2.33. The van der Waals surface area contributed by atoms with E-state index in [0.717, 1.165) is 35.6 Å². The molecule has 0 amide bonds. The van der Waals surface area contributed by atoms with Gasteiger partial charge in [-0.1, -0.05) is 163 Å². The zero-order valence-corrected chi connectivity index (χ0v) is 34.7. The monoisotopic (exact) mass is 784 g/mol. The smallest absolute Gasteiger partial charge is 0.0462 e. The Bertz CT molecular complexity index is 2840. The number of anilines is 5. The standard InChI is InChI=1S/C59H48N2/c1-43-23-31-53(32-24-43)61(52-21-13-6-14-22-52)54-35-27-47(28-36-54)49-30-38-56-55-37-29-48(46-25-33-51(34-26-46)60(2)50-19-11-5-12-20-50)39-57(55)59(58(56)40-49,41-44-15-7-3-8-16-44)42-45-17-9-4-10-18-45/h3-40H,41-42H2,1-2H3. The first-order valence-electron chi connectivity index (χ1n) is 21.3. The van der Waals surface area contributed by atoms with Crippen molar-refractivity contribution < 1.29 is 0 Å². The molecule has 2 nitrogen and oxygen atoms in total. The highest BCUT2D eigenvalue weighted by molar-refractivity contribution is 5.87. The third-order valence-electron chi connectivity index (χ3n) is 12.6. The molecule has 9 aromatic carbocycles. The Balaban J connectivity index is 1.07. The molecule has 1 aliphatic carbocycles. The Morgan fingerprint density at radius 3 is 1.15 bits per heavy atom. The van der Waals surface area contributed by atoms with Gasteiger partial charge in [0.15, 0.2) is 0 Å². The highest BCUT2D eigenvalue weighted by atomic mass is 15.1. The molecule has 0 unspecified atom stereocenters. The van der Waals surface area contributed by atoms with E-state index >= 15 is 0 Å². The third-order valence-corrected chi connectivity index (χ3v) is 12.6. The summed E-state index contributed by atoms with van der Waals surface area (Å²) >= 11 is 0. The molecule has 0 spiro atoms. The van der Waals surface area contributed by atoms with Gasteiger partial charge in [0.25, 0.3) is 0 Å². The van der Waals surface area contributed by atoms with E-state index in [1.807, 2.05) is 0 Å². The van der Waals surface area contributed by atoms with Crippen molar-refractivity contribution in [2.75, 3.05) is 16.8 Å². The van der Waals surface area contributed by atoms with E-state index in [0.29, 0.717) is 0 Å². The molecule has 61 heavy (non-hydrogen) atoms. The second-order valence-corrected chi connectivity index (χ2v) is 16.4. The number of nitrogens with zero attached hydrogens (tertiary/aromatic N) is 2. The minimum atomic E-state index is -0.303. The van der Waals surface area contributed by atoms with Gasteiger partial charge in [-0.2, -0.15) is 0 Å². The van der Waals surface area contributed by atoms with Gasteiger partial charge < -0.3 is 9.80 Å². The normalized spacial score (nSPS) is 12.4. The Kier molecular flexibility index (Phi) is 10.1. The second kappa shape index (κ2) is 16.3. The van der Waals surface area contributed by atoms with E-state index in [1.54, 1.807) is 0 Å². The molecule has 294 valence electrons. The summed E-state index contributed by atoms with van der Waals surface area (Å²) in [5.74, 6) is 0. The topological polar surface area (TPSA) is 6.48 Å². The highest BCUT2D eigenvalue weighted by Gasteiger charge is 2.44. The zero-order chi connectivity index (χ0) is 41.2. The van der Waals surface area contributed by atoms with Gasteiger partial charge in [-0.25, -0.2) is 0 Å². The number of para-hydroxylation sites is 2. The fourth-order valence-electron chi connectivity index (χ4n) is 9.39. The Morgan fingerprint density at radius 1 is 0.344 bits per heavy atom. The van der Waals surface area contributed by atoms with Crippen LogP contribution in [0.4, 0.5) is 28.4 Å². The lowest BCUT2D eigenvalue weighted by molar-refractivity contribution is 0.520. The van der Waals surface area contributed by atoms with E-state index in [2.05, 4.69) is 254 Å². The molecule has 0 aliphatic heterocycles. The molecule has 0 N–H and O–H groups in total. The average Bonchev–Trinajstić information content (AvgIpc) is 3.58. The number of benzene rings is 9. The first kappa shape index (κ1) is 37.8. The Hall–Kier alpha value is -7.42. The number of aryl methyl sites for hydroxylation is 1. The van der Waals surface area contributed by atoms with Gasteiger partial charge in [-0.15, -0.1) is 0 Å². The predicted molar refractivity (Wildman–Crippen MR) is 258 cm³/mol. The second-order valence-electron chi connectivity index (χ2n) is 16.4. The minimum absolute atomic E-state index is 0.303. The molecule has 0 saturated heterocycles. The molecule has 1 aliphatic rings. The number of hydrogen-bond donors (Lipinski definition) is 0. The molecule has 0 bridgehead atoms. The first-order valence-corrected chi connectivity index (χ1v) is 21.3. The quantitative estimate of drug-likeness (QED) is 0.129. The molecule has 0 radical (unpaired) electrons. The van der Waals surface area contributed by atoms with Crippen molar-refractivity contribution in [3.8, 4) is 33.4 Å². The van der Waals surface area contributed by atoms with Crippen LogP contribution in [-0.2, 0) is 18.3 Å². The van der Waals surface area contributed by atoms with E-state index in [-0.39, 0.29) is 5.41 Å². The summed E-state index contributed by atoms with van der Waals surface area (Å²) in [4.78, 5) is 4.57. The van der Waals surface area contributed by atoms with E-state index in [4.69, 9.17) is 0 Å². The molecule has 0 saturated carbocycles. The van der Waals surface area contributed by atoms with Crippen molar-refractivity contribution in [1.29, 1.82) is 0 Å². The van der Waals surface area contributed by atoms with Gasteiger partial charge in [0.05, 0.1) is 0 Å². The molecule has 0 aromatic heterocycles. The van der Waals surface area contributed by atoms with Crippen LogP contribution >= 0.6 is 0 Å². The molecule has 10 rings (SSSR count). The van der Waals surface area contributed by atoms with Gasteiger partial charge in [0.2, 0.25) is 0 Å². The maximum absolute atomic E-state index is 2.50. The van der Waals surface area contributed by atoms with Gasteiger partial charge in [0, 0.05) is 40.9 Å². The SMILES string of the molecule is Cc1ccc(N(c2ccccc2)c2ccc(-c3ccc4c(c3)C(Cc3ccccc3)(Cc3ccccc3)c3cc(-c5ccc(N(C)c6ccccc6)cc5)ccc3-4)cc2)cc1. The Morgan fingerprint density at radius 2 is 0.689 bits per heavy atom. The van der Waals surface area contributed by atoms with Crippen molar-refractivity contribution >= 4 is 28.4 Å². The summed E-state index contributed by atoms with van der Waals surface area (Å²) in [5.41, 5.74) is 19.7. The lowest BCUT2D eigenvalue weighted by Crippen LogP contribution is -2.31. The van der Waals surface area contributed by atoms with Crippen molar-refractivity contribution in [2.45, 2.75) is 25.2 Å². The fourth-order valence-corrected chi connectivity index (χ4v) is 9.39. The van der Waals surface area contributed by atoms with E-state index in [1.165, 1.54) is 66.9 Å². The van der Waals surface area contributed by atoms with Gasteiger partial charge in [-0.05, 0) is 148 Å². The first-order chi connectivity index (χ1) is 30.0. The summed E-state index contributed by atoms with van der Waals surface area (Å²) in [6.45, 7) is 2.14. The fraction of sp³-hybridized carbons (Fsp3) is 0.0847. The molecule has 9 aromatic rings. The molecular formula is C59H48N2. The molecule has 2 heteroatoms. The highest BCUT2D eigenvalue weighted by Crippen LogP contribution is 2.54. The van der Waals surface area contributed by atoms with Crippen LogP contribution in [0.15, 0.2) is 231 Å². The maximum atomic E-state index is 2.50. The average molecular weight is 785 g/mol. The third kappa shape index (κ3) is 7.43. The van der Waals surface area contributed by atoms with Gasteiger partial charge >= 0.3 is 0 Å². The van der Waals surface area contributed by atoms with Crippen molar-refractivity contribution in [3.05, 3.63) is 258 Å². The van der Waals surface area contributed by atoms with Crippen molar-refractivity contribution in [3.63, 3.8) is 0 Å². The lowest BCUT2D eigenvalue weighted by atomic mass is 9.69. The van der Waals surface area contributed by atoms with Crippen LogP contribution in [0.25, 0.3) is 33.4 Å². The Labute approximate surface area is 360 Å². The summed E-state index contributed by atoms with van der Waals surface area (Å²) in [6.07, 6.45) is 1.77. The summed E-state index contributed by atoms with van der Waals surface area (Å²) in [7, 11) is 2.13. The molecule has 0 fully saturated rings. The van der Waals surface area contributed by atoms with Crippen molar-refractivity contribution in [2.24, 2.45) is 0 Å². The van der Waals surface area contributed by atoms with Crippen LogP contribution in [0.2, 0.25) is 0 Å². The minimum Gasteiger partial charge on any atom is -0.345 e. The number of hydrogen-bond acceptors (Lipinski definition) is 2. The molecular weight excluding hydrogens is 737 g/mol. The molecule has 0 heterocycles. The van der Waals surface area contributed by atoms with Crippen LogP contribution < -0.4 is 9.80 Å². The van der Waals surface area contributed by atoms with Crippen LogP contribution in [0.5, 0.6) is 0 Å². The van der Waals surface area contributed by atoms with Crippen LogP contribution in [0.3, 0.4) is 0 Å². The van der Waals surface area contributed by atoms with Gasteiger partial charge in [0.1, 0.15) is 0 Å². The zero-order valence-electron chi connectivity index (χ0n) is 34.7. The van der Waals surface area contributed by atoms with Crippen LogP contribution in [-0.4, -0.2) is 7.05 Å². The maximum Gasteiger partial charge on any atom is 0.0462 e. The van der Waals surface area contributed by atoms with Crippen LogP contribution in [0, 0.1) is 6.92 Å². The van der Waals surface area contributed by atoms with Crippen LogP contribution in [0.1, 0.15) is 27.8 Å². The van der Waals surface area contributed by atoms with E-state index < -0.39 is 0 Å². The van der Waals surface area contributed by atoms with Crippen molar-refractivity contribution in [1.82, 2.24) is 0 Å².